The van der Waals surface area contributed by atoms with Gasteiger partial charge in [-0.1, -0.05) is 11.6 Å². The summed E-state index contributed by atoms with van der Waals surface area (Å²) in [6.45, 7) is 5.92. The van der Waals surface area contributed by atoms with Crippen LogP contribution in [0.3, 0.4) is 0 Å². The third-order valence-electron chi connectivity index (χ3n) is 5.83. The number of carbonyl (C=O) groups is 3. The van der Waals surface area contributed by atoms with Crippen LogP contribution in [0.4, 0.5) is 5.69 Å². The number of rotatable bonds is 8. The quantitative estimate of drug-likeness (QED) is 0.343. The van der Waals surface area contributed by atoms with E-state index in [1.54, 1.807) is 12.1 Å². The first-order chi connectivity index (χ1) is 17.2. The summed E-state index contributed by atoms with van der Waals surface area (Å²) in [6.07, 6.45) is 0.771. The van der Waals surface area contributed by atoms with Crippen molar-refractivity contribution in [3.05, 3.63) is 60.2 Å². The predicted octanol–water partition coefficient (Wildman–Crippen LogP) is 4.94. The number of anilines is 1. The maximum absolute atomic E-state index is 13.1. The van der Waals surface area contributed by atoms with E-state index in [2.05, 4.69) is 34.4 Å². The van der Waals surface area contributed by atoms with Gasteiger partial charge in [0.25, 0.3) is 11.8 Å². The van der Waals surface area contributed by atoms with Crippen LogP contribution in [0.15, 0.2) is 24.3 Å². The van der Waals surface area contributed by atoms with E-state index in [-0.39, 0.29) is 41.9 Å². The van der Waals surface area contributed by atoms with E-state index in [1.165, 1.54) is 30.6 Å². The Hall–Kier alpha value is -2.70. The lowest BCUT2D eigenvalue weighted by molar-refractivity contribution is 0.0692. The fraction of sp³-hybridized carbons (Fsp3) is 0.333. The molecule has 0 saturated heterocycles. The Balaban J connectivity index is 0.00000380. The minimum absolute atomic E-state index is 0. The molecule has 13 heteroatoms. The van der Waals surface area contributed by atoms with Crippen molar-refractivity contribution in [3.63, 3.8) is 0 Å². The van der Waals surface area contributed by atoms with E-state index < -0.39 is 11.9 Å². The predicted molar refractivity (Wildman–Crippen MR) is 147 cm³/mol. The standard InChI is InChI=1S/C24H25ClN4O5S2.ClH/c1-12(2)29-7-6-15-19(11-29)36-23(28-15)22(31)27-16-9-14(24(32)33)17(34-3)8-13(16)10-26-21(30)18-4-5-20(25)35-18;/h4-5,8-9,12H,6-7,10-11H2,1-3H3,(H,26,30)(H,27,31)(H,32,33);1H. The van der Waals surface area contributed by atoms with Crippen molar-refractivity contribution in [2.75, 3.05) is 19.0 Å². The topological polar surface area (TPSA) is 121 Å². The Bertz CT molecular complexity index is 1320. The number of thiazole rings is 1. The zero-order chi connectivity index (χ0) is 26.0. The highest BCUT2D eigenvalue weighted by Gasteiger charge is 2.25. The minimum atomic E-state index is -1.20. The van der Waals surface area contributed by atoms with Crippen molar-refractivity contribution in [1.29, 1.82) is 0 Å². The Labute approximate surface area is 233 Å². The van der Waals surface area contributed by atoms with Crippen LogP contribution in [0.1, 0.15) is 59.8 Å². The molecule has 3 heterocycles. The number of hydrogen-bond acceptors (Lipinski definition) is 8. The molecule has 0 spiro atoms. The van der Waals surface area contributed by atoms with Gasteiger partial charge >= 0.3 is 5.97 Å². The summed E-state index contributed by atoms with van der Waals surface area (Å²) in [5.74, 6) is -1.87. The van der Waals surface area contributed by atoms with Crippen molar-refractivity contribution >= 4 is 70.2 Å². The molecule has 1 aliphatic rings. The number of halogens is 2. The van der Waals surface area contributed by atoms with E-state index in [9.17, 15) is 19.5 Å². The molecule has 2 amide bonds. The second-order valence-electron chi connectivity index (χ2n) is 8.46. The third-order valence-corrected chi connectivity index (χ3v) is 8.14. The van der Waals surface area contributed by atoms with E-state index in [0.29, 0.717) is 25.8 Å². The van der Waals surface area contributed by atoms with Gasteiger partial charge in [-0.2, -0.15) is 0 Å². The number of nitrogens with one attached hydrogen (secondary N) is 2. The van der Waals surface area contributed by atoms with Gasteiger partial charge in [-0.3, -0.25) is 14.5 Å². The Morgan fingerprint density at radius 3 is 2.59 bits per heavy atom. The van der Waals surface area contributed by atoms with Gasteiger partial charge in [0.1, 0.15) is 11.3 Å². The number of aromatic carboxylic acids is 1. The van der Waals surface area contributed by atoms with Crippen molar-refractivity contribution < 1.29 is 24.2 Å². The normalized spacial score (nSPS) is 13.0. The summed E-state index contributed by atoms with van der Waals surface area (Å²) in [7, 11) is 1.36. The maximum atomic E-state index is 13.1. The molecule has 0 radical (unpaired) electrons. The van der Waals surface area contributed by atoms with Gasteiger partial charge < -0.3 is 20.5 Å². The van der Waals surface area contributed by atoms with Crippen LogP contribution in [-0.4, -0.2) is 52.5 Å². The number of aromatic nitrogens is 1. The SMILES string of the molecule is COc1cc(CNC(=O)c2ccc(Cl)s2)c(NC(=O)c2nc3c(s2)CN(C(C)C)CC3)cc1C(=O)O.Cl. The van der Waals surface area contributed by atoms with Gasteiger partial charge in [-0.15, -0.1) is 35.1 Å². The number of amides is 2. The highest BCUT2D eigenvalue weighted by atomic mass is 35.5. The average molecular weight is 586 g/mol. The Morgan fingerprint density at radius 2 is 1.97 bits per heavy atom. The molecule has 0 fully saturated rings. The minimum Gasteiger partial charge on any atom is -0.496 e. The average Bonchev–Trinajstić information content (AvgIpc) is 3.48. The molecule has 0 atom stereocenters. The number of benzene rings is 1. The fourth-order valence-electron chi connectivity index (χ4n) is 3.85. The van der Waals surface area contributed by atoms with Crippen LogP contribution in [0.2, 0.25) is 4.34 Å². The second-order valence-corrected chi connectivity index (χ2v) is 11.3. The van der Waals surface area contributed by atoms with Gasteiger partial charge in [-0.05, 0) is 43.7 Å². The van der Waals surface area contributed by atoms with Crippen LogP contribution in [0.5, 0.6) is 5.75 Å². The van der Waals surface area contributed by atoms with E-state index in [4.69, 9.17) is 16.3 Å². The van der Waals surface area contributed by atoms with Crippen LogP contribution >= 0.6 is 46.7 Å². The number of methoxy groups -OCH3 is 1. The maximum Gasteiger partial charge on any atom is 0.339 e. The number of fused-ring (bicyclic) bond motifs is 1. The zero-order valence-electron chi connectivity index (χ0n) is 20.3. The molecular formula is C24H26Cl2N4O5S2. The molecule has 2 aromatic heterocycles. The summed E-state index contributed by atoms with van der Waals surface area (Å²) in [4.78, 5) is 45.8. The molecule has 1 aromatic carbocycles. The first-order valence-electron chi connectivity index (χ1n) is 11.2. The molecule has 4 rings (SSSR count). The first kappa shape index (κ1) is 28.9. The highest BCUT2D eigenvalue weighted by molar-refractivity contribution is 7.18. The number of carboxylic acids is 1. The molecule has 37 heavy (non-hydrogen) atoms. The second kappa shape index (κ2) is 12.2. The molecule has 0 unspecified atom stereocenters. The van der Waals surface area contributed by atoms with Crippen LogP contribution < -0.4 is 15.4 Å². The molecule has 0 saturated carbocycles. The number of carboxylic acid groups (broad SMARTS) is 1. The molecular weight excluding hydrogens is 559 g/mol. The number of nitrogens with zero attached hydrogens (tertiary/aromatic N) is 2. The Kier molecular flexibility index (Phi) is 9.54. The van der Waals surface area contributed by atoms with Crippen molar-refractivity contribution in [3.8, 4) is 5.75 Å². The van der Waals surface area contributed by atoms with Crippen LogP contribution in [0, 0.1) is 0 Å². The van der Waals surface area contributed by atoms with Gasteiger partial charge in [0, 0.05) is 42.7 Å². The number of thiophene rings is 1. The van der Waals surface area contributed by atoms with Gasteiger partial charge in [0.05, 0.1) is 22.0 Å². The lowest BCUT2D eigenvalue weighted by atomic mass is 10.1. The summed E-state index contributed by atoms with van der Waals surface area (Å²) in [5.41, 5.74) is 1.54. The lowest BCUT2D eigenvalue weighted by Gasteiger charge is -2.29. The van der Waals surface area contributed by atoms with Crippen LogP contribution in [0.25, 0.3) is 0 Å². The van der Waals surface area contributed by atoms with Gasteiger partial charge in [0.2, 0.25) is 0 Å². The Morgan fingerprint density at radius 1 is 1.22 bits per heavy atom. The fourth-order valence-corrected chi connectivity index (χ4v) is 5.84. The molecule has 3 aromatic rings. The number of ether oxygens (including phenoxy) is 1. The lowest BCUT2D eigenvalue weighted by Crippen LogP contribution is -2.35. The monoisotopic (exact) mass is 584 g/mol. The van der Waals surface area contributed by atoms with E-state index in [1.807, 2.05) is 0 Å². The van der Waals surface area contributed by atoms with Crippen LogP contribution in [-0.2, 0) is 19.5 Å². The van der Waals surface area contributed by atoms with Crippen molar-refractivity contribution in [2.45, 2.75) is 39.4 Å². The summed E-state index contributed by atoms with van der Waals surface area (Å²) < 4.78 is 5.72. The highest BCUT2D eigenvalue weighted by Crippen LogP contribution is 2.30. The van der Waals surface area contributed by atoms with E-state index >= 15 is 0 Å². The zero-order valence-corrected chi connectivity index (χ0v) is 23.5. The first-order valence-corrected chi connectivity index (χ1v) is 13.2. The molecule has 198 valence electrons. The number of hydrogen-bond donors (Lipinski definition) is 3. The van der Waals surface area contributed by atoms with Gasteiger partial charge in [-0.25, -0.2) is 9.78 Å². The summed E-state index contributed by atoms with van der Waals surface area (Å²) in [6, 6.07) is 6.47. The largest absolute Gasteiger partial charge is 0.496 e. The van der Waals surface area contributed by atoms with Crippen molar-refractivity contribution in [2.24, 2.45) is 0 Å². The summed E-state index contributed by atoms with van der Waals surface area (Å²) in [5, 5.41) is 15.5. The third kappa shape index (κ3) is 6.60. The smallest absolute Gasteiger partial charge is 0.339 e. The number of carbonyl (C=O) groups excluding carboxylic acids is 2. The molecule has 1 aliphatic heterocycles. The van der Waals surface area contributed by atoms with Gasteiger partial charge in [0.15, 0.2) is 5.01 Å². The molecule has 3 N–H and O–H groups in total. The van der Waals surface area contributed by atoms with E-state index in [0.717, 1.165) is 41.4 Å². The molecule has 9 nitrogen and oxygen atoms in total. The molecule has 0 bridgehead atoms. The molecule has 0 aliphatic carbocycles. The summed E-state index contributed by atoms with van der Waals surface area (Å²) >= 11 is 8.40. The van der Waals surface area contributed by atoms with Crippen molar-refractivity contribution in [1.82, 2.24) is 15.2 Å².